The van der Waals surface area contributed by atoms with Crippen molar-refractivity contribution in [1.29, 1.82) is 0 Å². The first-order valence-corrected chi connectivity index (χ1v) is 9.73. The second-order valence-corrected chi connectivity index (χ2v) is 6.77. The number of nitrogens with one attached hydrogen (secondary N) is 3. The Hall–Kier alpha value is -1.65. The standard InChI is InChI=1S/C19H31FN6O.HI/c1-4-14(3)24-17(27)8-11-23-19(21-5-2)25-15-9-12-26(13-15)18-16(20)7-6-10-22-18;/h6-7,10,14-15H,4-5,8-9,11-13H2,1-3H3,(H,24,27)(H2,21,23,25);1H. The first-order valence-electron chi connectivity index (χ1n) is 9.73. The number of nitrogens with zero attached hydrogens (tertiary/aromatic N) is 3. The van der Waals surface area contributed by atoms with Crippen molar-refractivity contribution in [1.82, 2.24) is 20.9 Å². The van der Waals surface area contributed by atoms with Crippen LogP contribution in [0.3, 0.4) is 0 Å². The predicted molar refractivity (Wildman–Crippen MR) is 122 cm³/mol. The van der Waals surface area contributed by atoms with Crippen LogP contribution >= 0.6 is 24.0 Å². The van der Waals surface area contributed by atoms with Crippen LogP contribution in [0.15, 0.2) is 23.3 Å². The molecule has 7 nitrogen and oxygen atoms in total. The number of halogens is 2. The Kier molecular flexibility index (Phi) is 11.1. The molecule has 2 rings (SSSR count). The summed E-state index contributed by atoms with van der Waals surface area (Å²) < 4.78 is 13.9. The number of carbonyl (C=O) groups excluding carboxylic acids is 1. The molecule has 1 aromatic heterocycles. The van der Waals surface area contributed by atoms with Crippen molar-refractivity contribution in [3.63, 3.8) is 0 Å². The molecule has 158 valence electrons. The highest BCUT2D eigenvalue weighted by Gasteiger charge is 2.25. The van der Waals surface area contributed by atoms with Gasteiger partial charge in [0.1, 0.15) is 0 Å². The summed E-state index contributed by atoms with van der Waals surface area (Å²) in [5, 5.41) is 9.52. The molecule has 0 aromatic carbocycles. The number of amides is 1. The molecule has 1 aliphatic heterocycles. The number of rotatable bonds is 8. The van der Waals surface area contributed by atoms with Crippen LogP contribution in [0.5, 0.6) is 0 Å². The van der Waals surface area contributed by atoms with Crippen molar-refractivity contribution in [3.8, 4) is 0 Å². The van der Waals surface area contributed by atoms with Crippen molar-refractivity contribution < 1.29 is 9.18 Å². The minimum atomic E-state index is -0.300. The second kappa shape index (κ2) is 12.7. The van der Waals surface area contributed by atoms with Crippen LogP contribution in [-0.2, 0) is 4.79 Å². The lowest BCUT2D eigenvalue weighted by molar-refractivity contribution is -0.121. The zero-order chi connectivity index (χ0) is 19.6. The zero-order valence-electron chi connectivity index (χ0n) is 16.9. The molecule has 1 amide bonds. The Bertz CT molecular complexity index is 645. The summed E-state index contributed by atoms with van der Waals surface area (Å²) in [6, 6.07) is 3.36. The minimum absolute atomic E-state index is 0. The fourth-order valence-electron chi connectivity index (χ4n) is 2.91. The number of aliphatic imine (C=N–C) groups is 1. The van der Waals surface area contributed by atoms with Gasteiger partial charge in [-0.05, 0) is 38.8 Å². The fraction of sp³-hybridized carbons (Fsp3) is 0.632. The van der Waals surface area contributed by atoms with Crippen LogP contribution in [0.4, 0.5) is 10.2 Å². The first kappa shape index (κ1) is 24.4. The SMILES string of the molecule is CCNC(=NCCC(=O)NC(C)CC)NC1CCN(c2ncccc2F)C1.I. The third-order valence-corrected chi connectivity index (χ3v) is 4.54. The van der Waals surface area contributed by atoms with Crippen LogP contribution in [0.2, 0.25) is 0 Å². The van der Waals surface area contributed by atoms with E-state index in [2.05, 4.69) is 25.9 Å². The van der Waals surface area contributed by atoms with E-state index in [0.29, 0.717) is 31.3 Å². The van der Waals surface area contributed by atoms with Gasteiger partial charge in [0.15, 0.2) is 17.6 Å². The van der Waals surface area contributed by atoms with Gasteiger partial charge in [0.25, 0.3) is 0 Å². The Balaban J connectivity index is 0.00000392. The molecule has 2 unspecified atom stereocenters. The molecule has 1 fully saturated rings. The Morgan fingerprint density at radius 1 is 1.46 bits per heavy atom. The normalized spacial score (nSPS) is 17.6. The highest BCUT2D eigenvalue weighted by atomic mass is 127. The molecule has 1 aromatic rings. The van der Waals surface area contributed by atoms with Crippen LogP contribution in [0, 0.1) is 5.82 Å². The quantitative estimate of drug-likeness (QED) is 0.287. The second-order valence-electron chi connectivity index (χ2n) is 6.77. The van der Waals surface area contributed by atoms with E-state index in [4.69, 9.17) is 0 Å². The van der Waals surface area contributed by atoms with E-state index in [9.17, 15) is 9.18 Å². The molecule has 2 atom stereocenters. The fourth-order valence-corrected chi connectivity index (χ4v) is 2.91. The third kappa shape index (κ3) is 7.76. The van der Waals surface area contributed by atoms with E-state index < -0.39 is 0 Å². The van der Waals surface area contributed by atoms with Gasteiger partial charge in [0, 0.05) is 44.3 Å². The van der Waals surface area contributed by atoms with Crippen LogP contribution in [0.25, 0.3) is 0 Å². The number of hydrogen-bond acceptors (Lipinski definition) is 4. The molecule has 1 saturated heterocycles. The largest absolute Gasteiger partial charge is 0.357 e. The number of guanidine groups is 1. The van der Waals surface area contributed by atoms with Gasteiger partial charge in [-0.15, -0.1) is 24.0 Å². The van der Waals surface area contributed by atoms with E-state index in [1.54, 1.807) is 12.3 Å². The van der Waals surface area contributed by atoms with Gasteiger partial charge in [-0.1, -0.05) is 6.92 Å². The molecule has 0 spiro atoms. The molecule has 9 heteroatoms. The Labute approximate surface area is 184 Å². The molecule has 28 heavy (non-hydrogen) atoms. The lowest BCUT2D eigenvalue weighted by Crippen LogP contribution is -2.45. The first-order chi connectivity index (χ1) is 13.0. The van der Waals surface area contributed by atoms with Gasteiger partial charge >= 0.3 is 0 Å². The summed E-state index contributed by atoms with van der Waals surface area (Å²) in [4.78, 5) is 22.4. The van der Waals surface area contributed by atoms with Gasteiger partial charge in [0.2, 0.25) is 5.91 Å². The van der Waals surface area contributed by atoms with Gasteiger partial charge < -0.3 is 20.9 Å². The topological polar surface area (TPSA) is 81.6 Å². The summed E-state index contributed by atoms with van der Waals surface area (Å²) in [5.74, 6) is 0.792. The van der Waals surface area contributed by atoms with Crippen molar-refractivity contribution in [2.75, 3.05) is 31.1 Å². The lowest BCUT2D eigenvalue weighted by Gasteiger charge is -2.20. The highest BCUT2D eigenvalue weighted by molar-refractivity contribution is 14.0. The summed E-state index contributed by atoms with van der Waals surface area (Å²) >= 11 is 0. The maximum Gasteiger partial charge on any atom is 0.222 e. The molecule has 0 saturated carbocycles. The molecule has 2 heterocycles. The van der Waals surface area contributed by atoms with Gasteiger partial charge in [-0.2, -0.15) is 0 Å². The number of hydrogen-bond donors (Lipinski definition) is 3. The number of aromatic nitrogens is 1. The van der Waals surface area contributed by atoms with Crippen molar-refractivity contribution in [2.45, 2.75) is 52.1 Å². The van der Waals surface area contributed by atoms with Crippen molar-refractivity contribution in [3.05, 3.63) is 24.1 Å². The lowest BCUT2D eigenvalue weighted by atomic mass is 10.2. The molecule has 1 aliphatic rings. The smallest absolute Gasteiger partial charge is 0.222 e. The average molecular weight is 506 g/mol. The summed E-state index contributed by atoms with van der Waals surface area (Å²) in [6.45, 7) is 8.58. The van der Waals surface area contributed by atoms with E-state index in [-0.39, 0.29) is 47.8 Å². The molecule has 3 N–H and O–H groups in total. The summed E-state index contributed by atoms with van der Waals surface area (Å²) in [6.07, 6.45) is 3.75. The van der Waals surface area contributed by atoms with Crippen molar-refractivity contribution in [2.24, 2.45) is 4.99 Å². The highest BCUT2D eigenvalue weighted by Crippen LogP contribution is 2.20. The van der Waals surface area contributed by atoms with Gasteiger partial charge in [-0.3, -0.25) is 9.79 Å². The zero-order valence-corrected chi connectivity index (χ0v) is 19.2. The van der Waals surface area contributed by atoms with Gasteiger partial charge in [-0.25, -0.2) is 9.37 Å². The van der Waals surface area contributed by atoms with Gasteiger partial charge in [0.05, 0.1) is 6.54 Å². The van der Waals surface area contributed by atoms with Crippen molar-refractivity contribution >= 4 is 41.7 Å². The van der Waals surface area contributed by atoms with E-state index in [0.717, 1.165) is 25.9 Å². The Morgan fingerprint density at radius 2 is 2.25 bits per heavy atom. The third-order valence-electron chi connectivity index (χ3n) is 4.54. The van der Waals surface area contributed by atoms with Crippen LogP contribution < -0.4 is 20.9 Å². The average Bonchev–Trinajstić information content (AvgIpc) is 3.10. The minimum Gasteiger partial charge on any atom is -0.357 e. The monoisotopic (exact) mass is 506 g/mol. The number of carbonyl (C=O) groups is 1. The Morgan fingerprint density at radius 3 is 2.93 bits per heavy atom. The van der Waals surface area contributed by atoms with Crippen LogP contribution in [-0.4, -0.2) is 55.1 Å². The van der Waals surface area contributed by atoms with E-state index in [1.807, 2.05) is 25.7 Å². The van der Waals surface area contributed by atoms with E-state index in [1.165, 1.54) is 6.07 Å². The molecular weight excluding hydrogens is 474 g/mol. The predicted octanol–water partition coefficient (Wildman–Crippen LogP) is 2.28. The number of pyridine rings is 1. The van der Waals surface area contributed by atoms with E-state index >= 15 is 0 Å². The number of anilines is 1. The maximum absolute atomic E-state index is 13.9. The summed E-state index contributed by atoms with van der Waals surface area (Å²) in [7, 11) is 0. The molecule has 0 aliphatic carbocycles. The molecule has 0 bridgehead atoms. The van der Waals surface area contributed by atoms with Crippen LogP contribution in [0.1, 0.15) is 40.0 Å². The molecule has 0 radical (unpaired) electrons. The molecular formula is C19H32FIN6O. The summed E-state index contributed by atoms with van der Waals surface area (Å²) in [5.41, 5.74) is 0. The maximum atomic E-state index is 13.9.